The van der Waals surface area contributed by atoms with E-state index in [1.165, 1.54) is 6.21 Å². The van der Waals surface area contributed by atoms with E-state index in [1.54, 1.807) is 6.08 Å². The van der Waals surface area contributed by atoms with Gasteiger partial charge < -0.3 is 19.2 Å². The van der Waals surface area contributed by atoms with E-state index >= 15 is 0 Å². The fourth-order valence-electron chi connectivity index (χ4n) is 2.72. The number of nitrogens with zero attached hydrogens (tertiary/aromatic N) is 2. The number of carboxylic acid groups (broad SMARTS) is 1. The first-order valence-electron chi connectivity index (χ1n) is 8.55. The lowest BCUT2D eigenvalue weighted by Crippen LogP contribution is -2.03. The molecular formula is C21H19ClN2O4. The fourth-order valence-corrected chi connectivity index (χ4v) is 2.85. The molecule has 0 unspecified atom stereocenters. The summed E-state index contributed by atoms with van der Waals surface area (Å²) in [5.74, 6) is -0.371. The highest BCUT2D eigenvalue weighted by Crippen LogP contribution is 2.26. The van der Waals surface area contributed by atoms with Crippen LogP contribution in [0.25, 0.3) is 10.9 Å². The van der Waals surface area contributed by atoms with Crippen molar-refractivity contribution >= 4 is 34.7 Å². The van der Waals surface area contributed by atoms with E-state index in [0.717, 1.165) is 22.0 Å². The van der Waals surface area contributed by atoms with Gasteiger partial charge in [0.2, 0.25) is 6.61 Å². The summed E-state index contributed by atoms with van der Waals surface area (Å²) in [6.07, 6.45) is 5.20. The molecule has 0 amide bonds. The van der Waals surface area contributed by atoms with Gasteiger partial charge in [-0.15, -0.1) is 6.58 Å². The maximum Gasteiger partial charge on any atom is 0.344 e. The summed E-state index contributed by atoms with van der Waals surface area (Å²) in [5, 5.41) is 14.0. The van der Waals surface area contributed by atoms with Crippen LogP contribution in [0.1, 0.15) is 11.1 Å². The number of fused-ring (bicyclic) bond motifs is 1. The molecule has 2 aromatic carbocycles. The number of benzene rings is 2. The predicted molar refractivity (Wildman–Crippen MR) is 109 cm³/mol. The molecule has 0 aliphatic rings. The van der Waals surface area contributed by atoms with Crippen molar-refractivity contribution in [1.29, 1.82) is 0 Å². The Hall–Kier alpha value is -3.25. The van der Waals surface area contributed by atoms with Crippen molar-refractivity contribution in [1.82, 2.24) is 4.57 Å². The molecule has 0 fully saturated rings. The lowest BCUT2D eigenvalue weighted by Gasteiger charge is -2.08. The quantitative estimate of drug-likeness (QED) is 0.327. The summed E-state index contributed by atoms with van der Waals surface area (Å²) >= 11 is 5.90. The normalized spacial score (nSPS) is 11.0. The number of aliphatic carboxylic acids is 1. The molecule has 0 aliphatic carbocycles. The van der Waals surface area contributed by atoms with E-state index < -0.39 is 12.6 Å². The molecule has 0 atom stereocenters. The second-order valence-corrected chi connectivity index (χ2v) is 6.46. The summed E-state index contributed by atoms with van der Waals surface area (Å²) in [4.78, 5) is 15.3. The van der Waals surface area contributed by atoms with E-state index in [-0.39, 0.29) is 0 Å². The van der Waals surface area contributed by atoms with Crippen molar-refractivity contribution in [3.05, 3.63) is 77.5 Å². The largest absolute Gasteiger partial charge is 0.489 e. The molecule has 28 heavy (non-hydrogen) atoms. The van der Waals surface area contributed by atoms with Gasteiger partial charge in [0.05, 0.1) is 6.21 Å². The van der Waals surface area contributed by atoms with Crippen molar-refractivity contribution in [2.24, 2.45) is 5.16 Å². The zero-order chi connectivity index (χ0) is 19.9. The van der Waals surface area contributed by atoms with Crippen LogP contribution in [0, 0.1) is 0 Å². The molecule has 0 radical (unpaired) electrons. The van der Waals surface area contributed by atoms with Crippen molar-refractivity contribution in [3.8, 4) is 5.75 Å². The van der Waals surface area contributed by atoms with Crippen molar-refractivity contribution < 1.29 is 19.5 Å². The number of oxime groups is 1. The second kappa shape index (κ2) is 9.10. The highest BCUT2D eigenvalue weighted by Gasteiger charge is 2.09. The smallest absolute Gasteiger partial charge is 0.344 e. The zero-order valence-electron chi connectivity index (χ0n) is 15.0. The van der Waals surface area contributed by atoms with Crippen LogP contribution in [-0.4, -0.2) is 28.5 Å². The summed E-state index contributed by atoms with van der Waals surface area (Å²) in [5.41, 5.74) is 2.79. The van der Waals surface area contributed by atoms with E-state index in [4.69, 9.17) is 26.3 Å². The van der Waals surface area contributed by atoms with Crippen molar-refractivity contribution in [3.63, 3.8) is 0 Å². The molecule has 0 bridgehead atoms. The highest BCUT2D eigenvalue weighted by molar-refractivity contribution is 6.30. The molecule has 7 heteroatoms. The van der Waals surface area contributed by atoms with Gasteiger partial charge in [-0.1, -0.05) is 35.0 Å². The SMILES string of the molecule is C=CCn1cc(C=NOCC(=O)O)c2cc(OCc3ccc(Cl)cc3)ccc21. The molecule has 144 valence electrons. The summed E-state index contributed by atoms with van der Waals surface area (Å²) < 4.78 is 7.91. The Bertz CT molecular complexity index is 1010. The lowest BCUT2D eigenvalue weighted by molar-refractivity contribution is -0.142. The topological polar surface area (TPSA) is 73.1 Å². The van der Waals surface area contributed by atoms with Crippen molar-refractivity contribution in [2.45, 2.75) is 13.2 Å². The molecule has 3 aromatic rings. The van der Waals surface area contributed by atoms with E-state index in [2.05, 4.69) is 11.7 Å². The molecule has 3 rings (SSSR count). The van der Waals surface area contributed by atoms with E-state index in [9.17, 15) is 4.79 Å². The standard InChI is InChI=1S/C21H19ClN2O4/c1-2-9-24-12-16(11-23-28-14-21(25)26)19-10-18(7-8-20(19)24)27-13-15-3-5-17(22)6-4-15/h2-8,10-12H,1,9,13-14H2,(H,25,26). The third kappa shape index (κ3) is 4.92. The van der Waals surface area contributed by atoms with Crippen LogP contribution in [0.15, 0.2) is 66.5 Å². The number of carboxylic acids is 1. The Labute approximate surface area is 167 Å². The maximum absolute atomic E-state index is 10.5. The summed E-state index contributed by atoms with van der Waals surface area (Å²) in [7, 11) is 0. The molecule has 0 saturated carbocycles. The fraction of sp³-hybridized carbons (Fsp3) is 0.143. The minimum Gasteiger partial charge on any atom is -0.489 e. The lowest BCUT2D eigenvalue weighted by atomic mass is 10.2. The number of halogens is 1. The molecule has 1 aromatic heterocycles. The molecular weight excluding hydrogens is 380 g/mol. The van der Waals surface area contributed by atoms with Gasteiger partial charge in [0.1, 0.15) is 12.4 Å². The Morgan fingerprint density at radius 2 is 2.04 bits per heavy atom. The Balaban J connectivity index is 1.83. The van der Waals surface area contributed by atoms with Gasteiger partial charge in [-0.3, -0.25) is 0 Å². The Morgan fingerprint density at radius 1 is 1.25 bits per heavy atom. The van der Waals surface area contributed by atoms with Gasteiger partial charge in [-0.2, -0.15) is 0 Å². The Morgan fingerprint density at radius 3 is 2.75 bits per heavy atom. The van der Waals surface area contributed by atoms with Crippen LogP contribution in [0.3, 0.4) is 0 Å². The molecule has 6 nitrogen and oxygen atoms in total. The number of rotatable bonds is 9. The van der Waals surface area contributed by atoms with Crippen LogP contribution >= 0.6 is 11.6 Å². The molecule has 0 saturated heterocycles. The first kappa shape index (κ1) is 19.5. The number of aromatic nitrogens is 1. The van der Waals surface area contributed by atoms with Crippen LogP contribution in [-0.2, 0) is 22.8 Å². The van der Waals surface area contributed by atoms with Crippen LogP contribution in [0.4, 0.5) is 0 Å². The van der Waals surface area contributed by atoms with Crippen LogP contribution < -0.4 is 4.74 Å². The second-order valence-electron chi connectivity index (χ2n) is 6.02. The first-order valence-corrected chi connectivity index (χ1v) is 8.93. The number of allylic oxidation sites excluding steroid dienone is 1. The maximum atomic E-state index is 10.5. The molecule has 0 aliphatic heterocycles. The van der Waals surface area contributed by atoms with E-state index in [0.29, 0.717) is 23.9 Å². The summed E-state index contributed by atoms with van der Waals surface area (Å²) in [6.45, 7) is 4.33. The third-order valence-corrected chi connectivity index (χ3v) is 4.23. The van der Waals surface area contributed by atoms with Gasteiger partial charge in [0.25, 0.3) is 0 Å². The van der Waals surface area contributed by atoms with E-state index in [1.807, 2.05) is 53.2 Å². The van der Waals surface area contributed by atoms with Crippen molar-refractivity contribution in [2.75, 3.05) is 6.61 Å². The first-order chi connectivity index (χ1) is 13.6. The monoisotopic (exact) mass is 398 g/mol. The number of carbonyl (C=O) groups is 1. The predicted octanol–water partition coefficient (Wildman–Crippen LogP) is 4.49. The van der Waals surface area contributed by atoms with Gasteiger partial charge in [0.15, 0.2) is 0 Å². The summed E-state index contributed by atoms with van der Waals surface area (Å²) in [6, 6.07) is 13.3. The number of hydrogen-bond donors (Lipinski definition) is 1. The van der Waals surface area contributed by atoms with Gasteiger partial charge in [-0.25, -0.2) is 4.79 Å². The van der Waals surface area contributed by atoms with Gasteiger partial charge in [0, 0.05) is 34.2 Å². The van der Waals surface area contributed by atoms with Crippen LogP contribution in [0.2, 0.25) is 5.02 Å². The Kier molecular flexibility index (Phi) is 6.34. The molecule has 1 heterocycles. The number of hydrogen-bond acceptors (Lipinski definition) is 4. The minimum atomic E-state index is -1.08. The zero-order valence-corrected chi connectivity index (χ0v) is 15.8. The highest BCUT2D eigenvalue weighted by atomic mass is 35.5. The average Bonchev–Trinajstić information content (AvgIpc) is 3.02. The van der Waals surface area contributed by atoms with Crippen LogP contribution in [0.5, 0.6) is 5.75 Å². The average molecular weight is 399 g/mol. The number of ether oxygens (including phenoxy) is 1. The molecule has 1 N–H and O–H groups in total. The minimum absolute atomic E-state index is 0.418. The molecule has 0 spiro atoms. The third-order valence-electron chi connectivity index (χ3n) is 3.98. The van der Waals surface area contributed by atoms with Gasteiger partial charge in [-0.05, 0) is 35.9 Å². The van der Waals surface area contributed by atoms with Gasteiger partial charge >= 0.3 is 5.97 Å².